The predicted octanol–water partition coefficient (Wildman–Crippen LogP) is 4.35. The van der Waals surface area contributed by atoms with Gasteiger partial charge in [-0.05, 0) is 55.3 Å². The summed E-state index contributed by atoms with van der Waals surface area (Å²) in [7, 11) is 0. The van der Waals surface area contributed by atoms with Crippen molar-refractivity contribution in [2.75, 3.05) is 0 Å². The molecule has 1 N–H and O–H groups in total. The average molecular weight is 304 g/mol. The molecule has 2 fully saturated rings. The van der Waals surface area contributed by atoms with Gasteiger partial charge in [0.1, 0.15) is 11.4 Å². The first-order chi connectivity index (χ1) is 10.3. The van der Waals surface area contributed by atoms with Gasteiger partial charge in [-0.25, -0.2) is 0 Å². The van der Waals surface area contributed by atoms with Crippen molar-refractivity contribution in [1.82, 2.24) is 0 Å². The molecule has 2 nitrogen and oxygen atoms in total. The van der Waals surface area contributed by atoms with Gasteiger partial charge in [0.05, 0.1) is 0 Å². The molecule has 124 valence electrons. The number of hydrogen-bond donors (Lipinski definition) is 1. The minimum Gasteiger partial charge on any atom is -0.378 e. The van der Waals surface area contributed by atoms with Crippen molar-refractivity contribution in [3.63, 3.8) is 0 Å². The van der Waals surface area contributed by atoms with Gasteiger partial charge in [-0.1, -0.05) is 39.5 Å². The molecule has 0 bridgehead atoms. The highest BCUT2D eigenvalue weighted by Gasteiger charge is 2.50. The molecule has 0 aromatic heterocycles. The summed E-state index contributed by atoms with van der Waals surface area (Å²) < 4.78 is 0. The van der Waals surface area contributed by atoms with Gasteiger partial charge in [0.25, 0.3) is 0 Å². The number of hydrogen-bond acceptors (Lipinski definition) is 2. The number of carbonyl (C=O) groups is 1. The summed E-state index contributed by atoms with van der Waals surface area (Å²) in [5, 5.41) is 10.3. The van der Waals surface area contributed by atoms with Crippen molar-refractivity contribution < 1.29 is 9.90 Å². The maximum absolute atomic E-state index is 11.7. The van der Waals surface area contributed by atoms with Crippen LogP contribution in [0.4, 0.5) is 0 Å². The SMILES string of the molecule is CCC(O)(C#CCC(C)C1CCC2CC(=O)CCC21C)CC. The van der Waals surface area contributed by atoms with Crippen LogP contribution in [0.5, 0.6) is 0 Å². The lowest BCUT2D eigenvalue weighted by Gasteiger charge is -2.42. The van der Waals surface area contributed by atoms with Crippen molar-refractivity contribution >= 4 is 5.78 Å². The van der Waals surface area contributed by atoms with E-state index >= 15 is 0 Å². The Morgan fingerprint density at radius 2 is 2.05 bits per heavy atom. The van der Waals surface area contributed by atoms with Gasteiger partial charge in [-0.15, -0.1) is 0 Å². The Morgan fingerprint density at radius 3 is 2.68 bits per heavy atom. The normalized spacial score (nSPS) is 33.0. The minimum atomic E-state index is -0.806. The fourth-order valence-corrected chi connectivity index (χ4v) is 4.73. The highest BCUT2D eigenvalue weighted by molar-refractivity contribution is 5.79. The maximum Gasteiger partial charge on any atom is 0.133 e. The molecule has 2 heteroatoms. The number of Topliss-reactive ketones (excluding diaryl/α,β-unsaturated/α-hetero) is 1. The van der Waals surface area contributed by atoms with Crippen molar-refractivity contribution in [3.05, 3.63) is 0 Å². The summed E-state index contributed by atoms with van der Waals surface area (Å²) in [5.41, 5.74) is -0.472. The molecule has 0 saturated heterocycles. The average Bonchev–Trinajstić information content (AvgIpc) is 2.84. The highest BCUT2D eigenvalue weighted by Crippen LogP contribution is 2.57. The molecule has 2 aliphatic carbocycles. The summed E-state index contributed by atoms with van der Waals surface area (Å²) in [5.74, 6) is 8.64. The summed E-state index contributed by atoms with van der Waals surface area (Å²) >= 11 is 0. The lowest BCUT2D eigenvalue weighted by Crippen LogP contribution is -2.37. The van der Waals surface area contributed by atoms with Crippen LogP contribution in [0.25, 0.3) is 0 Å². The molecule has 0 aromatic carbocycles. The van der Waals surface area contributed by atoms with E-state index in [9.17, 15) is 9.90 Å². The van der Waals surface area contributed by atoms with Crippen LogP contribution in [0.3, 0.4) is 0 Å². The molecule has 2 rings (SSSR count). The van der Waals surface area contributed by atoms with Crippen molar-refractivity contribution in [3.8, 4) is 11.8 Å². The summed E-state index contributed by atoms with van der Waals surface area (Å²) in [6, 6.07) is 0. The Kier molecular flexibility index (Phi) is 5.38. The minimum absolute atomic E-state index is 0.334. The standard InChI is InChI=1S/C20H32O2/c1-5-20(22,6-2)12-7-8-15(3)18-10-9-16-14-17(21)11-13-19(16,18)4/h15-16,18,22H,5-6,8-11,13-14H2,1-4H3. The van der Waals surface area contributed by atoms with Gasteiger partial charge in [-0.2, -0.15) is 0 Å². The van der Waals surface area contributed by atoms with Gasteiger partial charge in [0.15, 0.2) is 0 Å². The first-order valence-corrected chi connectivity index (χ1v) is 9.08. The number of ketones is 1. The van der Waals surface area contributed by atoms with E-state index in [1.807, 2.05) is 13.8 Å². The van der Waals surface area contributed by atoms with Gasteiger partial charge in [-0.3, -0.25) is 4.79 Å². The molecule has 2 aliphatic rings. The second-order valence-electron chi connectivity index (χ2n) is 7.85. The predicted molar refractivity (Wildman–Crippen MR) is 90.3 cm³/mol. The lowest BCUT2D eigenvalue weighted by molar-refractivity contribution is -0.125. The van der Waals surface area contributed by atoms with Crippen molar-refractivity contribution in [1.29, 1.82) is 0 Å². The van der Waals surface area contributed by atoms with E-state index in [0.29, 0.717) is 41.8 Å². The third-order valence-corrected chi connectivity index (χ3v) is 6.62. The van der Waals surface area contributed by atoms with E-state index in [2.05, 4.69) is 25.7 Å². The Morgan fingerprint density at radius 1 is 1.36 bits per heavy atom. The second kappa shape index (κ2) is 6.75. The maximum atomic E-state index is 11.7. The molecule has 0 heterocycles. The van der Waals surface area contributed by atoms with E-state index in [0.717, 1.165) is 25.7 Å². The first kappa shape index (κ1) is 17.5. The molecule has 0 amide bonds. The molecule has 0 aliphatic heterocycles. The zero-order valence-corrected chi connectivity index (χ0v) is 14.7. The number of rotatable bonds is 4. The largest absolute Gasteiger partial charge is 0.378 e. The van der Waals surface area contributed by atoms with E-state index < -0.39 is 5.60 Å². The van der Waals surface area contributed by atoms with Crippen LogP contribution < -0.4 is 0 Å². The smallest absolute Gasteiger partial charge is 0.133 e. The van der Waals surface area contributed by atoms with Crippen molar-refractivity contribution in [2.24, 2.45) is 23.2 Å². The molecule has 0 aromatic rings. The lowest BCUT2D eigenvalue weighted by atomic mass is 9.62. The Balaban J connectivity index is 2.00. The van der Waals surface area contributed by atoms with Crippen LogP contribution in [-0.2, 0) is 4.79 Å². The Hall–Kier alpha value is -0.810. The zero-order valence-electron chi connectivity index (χ0n) is 14.7. The van der Waals surface area contributed by atoms with E-state index in [1.54, 1.807) is 0 Å². The summed E-state index contributed by atoms with van der Waals surface area (Å²) in [4.78, 5) is 11.7. The number of carbonyl (C=O) groups excluding carboxylic acids is 1. The third kappa shape index (κ3) is 3.40. The second-order valence-corrected chi connectivity index (χ2v) is 7.85. The van der Waals surface area contributed by atoms with Crippen LogP contribution >= 0.6 is 0 Å². The molecule has 2 saturated carbocycles. The highest BCUT2D eigenvalue weighted by atomic mass is 16.3. The number of aliphatic hydroxyl groups is 1. The van der Waals surface area contributed by atoms with E-state index in [1.165, 1.54) is 12.8 Å². The quantitative estimate of drug-likeness (QED) is 0.784. The molecular formula is C20H32O2. The third-order valence-electron chi connectivity index (χ3n) is 6.62. The number of fused-ring (bicyclic) bond motifs is 1. The van der Waals surface area contributed by atoms with Crippen LogP contribution in [0.15, 0.2) is 0 Å². The van der Waals surface area contributed by atoms with E-state index in [4.69, 9.17) is 0 Å². The van der Waals surface area contributed by atoms with Crippen LogP contribution in [0.2, 0.25) is 0 Å². The first-order valence-electron chi connectivity index (χ1n) is 9.08. The topological polar surface area (TPSA) is 37.3 Å². The fraction of sp³-hybridized carbons (Fsp3) is 0.850. The Bertz CT molecular complexity index is 466. The zero-order chi connectivity index (χ0) is 16.4. The van der Waals surface area contributed by atoms with Crippen LogP contribution in [0.1, 0.15) is 79.1 Å². The molecule has 22 heavy (non-hydrogen) atoms. The molecule has 0 radical (unpaired) electrons. The monoisotopic (exact) mass is 304 g/mol. The Labute approximate surface area is 136 Å². The molecule has 4 unspecified atom stereocenters. The van der Waals surface area contributed by atoms with Gasteiger partial charge in [0.2, 0.25) is 0 Å². The molecule has 0 spiro atoms. The van der Waals surface area contributed by atoms with Crippen molar-refractivity contribution in [2.45, 2.75) is 84.7 Å². The van der Waals surface area contributed by atoms with Gasteiger partial charge >= 0.3 is 0 Å². The summed E-state index contributed by atoms with van der Waals surface area (Å²) in [6.45, 7) is 8.69. The van der Waals surface area contributed by atoms with E-state index in [-0.39, 0.29) is 0 Å². The molecular weight excluding hydrogens is 272 g/mol. The fourth-order valence-electron chi connectivity index (χ4n) is 4.73. The van der Waals surface area contributed by atoms with Gasteiger partial charge in [0, 0.05) is 19.3 Å². The molecule has 4 atom stereocenters. The summed E-state index contributed by atoms with van der Waals surface area (Å²) in [6.07, 6.45) is 7.33. The van der Waals surface area contributed by atoms with Gasteiger partial charge < -0.3 is 5.11 Å². The van der Waals surface area contributed by atoms with Crippen LogP contribution in [-0.4, -0.2) is 16.5 Å². The van der Waals surface area contributed by atoms with Crippen LogP contribution in [0, 0.1) is 35.0 Å².